The summed E-state index contributed by atoms with van der Waals surface area (Å²) in [6.07, 6.45) is 2.96. The summed E-state index contributed by atoms with van der Waals surface area (Å²) in [4.78, 5) is 10.1. The molecule has 1 aromatic rings. The van der Waals surface area contributed by atoms with Gasteiger partial charge in [-0.3, -0.25) is 0 Å². The smallest absolute Gasteiger partial charge is 0.331 e. The van der Waals surface area contributed by atoms with Gasteiger partial charge in [-0.05, 0) is 5.56 Å². The van der Waals surface area contributed by atoms with E-state index in [0.717, 1.165) is 12.5 Å². The molecule has 0 aliphatic carbocycles. The van der Waals surface area contributed by atoms with E-state index in [2.05, 4.69) is 0 Å². The van der Waals surface area contributed by atoms with Crippen molar-refractivity contribution in [1.29, 1.82) is 0 Å². The average Bonchev–Trinajstić information content (AvgIpc) is 2.18. The molecule has 1 rings (SSSR count). The van der Waals surface area contributed by atoms with Crippen molar-refractivity contribution in [3.05, 3.63) is 48.2 Å². The minimum absolute atomic E-state index is 0.494. The van der Waals surface area contributed by atoms with E-state index in [1.54, 1.807) is 0 Å². The Labute approximate surface area is 82.6 Å². The highest BCUT2D eigenvalue weighted by molar-refractivity contribution is 5.79. The lowest BCUT2D eigenvalue weighted by Crippen LogP contribution is -1.94. The van der Waals surface area contributed by atoms with E-state index in [1.807, 2.05) is 30.3 Å². The fraction of sp³-hybridized carbons (Fsp3) is 0.182. The quantitative estimate of drug-likeness (QED) is 0.440. The first-order valence-electron chi connectivity index (χ1n) is 4.34. The van der Waals surface area contributed by atoms with Crippen LogP contribution < -0.4 is 0 Å². The third-order valence-corrected chi connectivity index (χ3v) is 1.66. The second-order valence-electron chi connectivity index (χ2n) is 2.75. The maximum absolute atomic E-state index is 10.1. The Hall–Kier alpha value is -1.77. The Morgan fingerprint density at radius 1 is 1.36 bits per heavy atom. The molecule has 0 heterocycles. The highest BCUT2D eigenvalue weighted by atomic mass is 16.5. The molecule has 0 amide bonds. The molecule has 0 aliphatic rings. The Morgan fingerprint density at radius 2 is 2.07 bits per heavy atom. The normalized spacial score (nSPS) is 10.3. The molecule has 1 aromatic carbocycles. The Bertz CT molecular complexity index is 304. The molecule has 0 spiro atoms. The minimum Gasteiger partial charge on any atom is -0.501 e. The van der Waals surface area contributed by atoms with Crippen LogP contribution in [-0.2, 0) is 16.0 Å². The number of carboxylic acids is 1. The van der Waals surface area contributed by atoms with Gasteiger partial charge in [0.25, 0.3) is 0 Å². The molecule has 0 atom stereocenters. The van der Waals surface area contributed by atoms with Gasteiger partial charge in [-0.1, -0.05) is 30.3 Å². The van der Waals surface area contributed by atoms with Gasteiger partial charge in [0.05, 0.1) is 18.9 Å². The van der Waals surface area contributed by atoms with Crippen LogP contribution in [0.15, 0.2) is 42.7 Å². The number of carbonyl (C=O) groups is 1. The van der Waals surface area contributed by atoms with Crippen molar-refractivity contribution in [2.24, 2.45) is 0 Å². The van der Waals surface area contributed by atoms with Gasteiger partial charge >= 0.3 is 5.97 Å². The Balaban J connectivity index is 2.19. The molecule has 0 bridgehead atoms. The number of benzene rings is 1. The van der Waals surface area contributed by atoms with Gasteiger partial charge in [0.2, 0.25) is 0 Å². The minimum atomic E-state index is -0.996. The molecular formula is C11H12O3. The monoisotopic (exact) mass is 192 g/mol. The summed E-state index contributed by atoms with van der Waals surface area (Å²) in [5, 5.41) is 8.26. The molecular weight excluding hydrogens is 180 g/mol. The maximum Gasteiger partial charge on any atom is 0.331 e. The van der Waals surface area contributed by atoms with Crippen molar-refractivity contribution in [3.8, 4) is 0 Å². The molecule has 0 saturated heterocycles. The highest BCUT2D eigenvalue weighted by Crippen LogP contribution is 1.99. The first kappa shape index (κ1) is 10.3. The van der Waals surface area contributed by atoms with E-state index in [4.69, 9.17) is 9.84 Å². The first-order chi connectivity index (χ1) is 6.79. The van der Waals surface area contributed by atoms with E-state index in [9.17, 15) is 4.79 Å². The first-order valence-corrected chi connectivity index (χ1v) is 4.34. The lowest BCUT2D eigenvalue weighted by Gasteiger charge is -2.00. The summed E-state index contributed by atoms with van der Waals surface area (Å²) >= 11 is 0. The molecule has 14 heavy (non-hydrogen) atoms. The van der Waals surface area contributed by atoms with Gasteiger partial charge in [-0.25, -0.2) is 4.79 Å². The SMILES string of the molecule is O=C(O)/C=C/OCCc1ccccc1. The number of ether oxygens (including phenoxy) is 1. The number of aliphatic carboxylic acids is 1. The van der Waals surface area contributed by atoms with Crippen molar-refractivity contribution in [1.82, 2.24) is 0 Å². The summed E-state index contributed by atoms with van der Waals surface area (Å²) in [7, 11) is 0. The fourth-order valence-corrected chi connectivity index (χ4v) is 0.996. The zero-order valence-electron chi connectivity index (χ0n) is 7.72. The molecule has 0 unspecified atom stereocenters. The van der Waals surface area contributed by atoms with Crippen LogP contribution in [0.4, 0.5) is 0 Å². The summed E-state index contributed by atoms with van der Waals surface area (Å²) < 4.78 is 4.99. The predicted octanol–water partition coefficient (Wildman–Crippen LogP) is 1.84. The average molecular weight is 192 g/mol. The zero-order chi connectivity index (χ0) is 10.2. The highest BCUT2D eigenvalue weighted by Gasteiger charge is 1.90. The van der Waals surface area contributed by atoms with E-state index < -0.39 is 5.97 Å². The molecule has 0 aromatic heterocycles. The zero-order valence-corrected chi connectivity index (χ0v) is 7.72. The fourth-order valence-electron chi connectivity index (χ4n) is 0.996. The molecule has 3 nitrogen and oxygen atoms in total. The van der Waals surface area contributed by atoms with Gasteiger partial charge < -0.3 is 9.84 Å². The van der Waals surface area contributed by atoms with E-state index >= 15 is 0 Å². The van der Waals surface area contributed by atoms with Crippen LogP contribution >= 0.6 is 0 Å². The van der Waals surface area contributed by atoms with Gasteiger partial charge in [0.15, 0.2) is 0 Å². The van der Waals surface area contributed by atoms with Crippen molar-refractivity contribution in [2.75, 3.05) is 6.61 Å². The van der Waals surface area contributed by atoms with Crippen LogP contribution in [0.25, 0.3) is 0 Å². The topological polar surface area (TPSA) is 46.5 Å². The van der Waals surface area contributed by atoms with Crippen LogP contribution in [0.1, 0.15) is 5.56 Å². The van der Waals surface area contributed by atoms with Crippen molar-refractivity contribution < 1.29 is 14.6 Å². The van der Waals surface area contributed by atoms with E-state index in [1.165, 1.54) is 11.8 Å². The van der Waals surface area contributed by atoms with Crippen molar-refractivity contribution in [2.45, 2.75) is 6.42 Å². The van der Waals surface area contributed by atoms with Gasteiger partial charge in [-0.15, -0.1) is 0 Å². The molecule has 1 N–H and O–H groups in total. The van der Waals surface area contributed by atoms with Crippen molar-refractivity contribution in [3.63, 3.8) is 0 Å². The third kappa shape index (κ3) is 4.30. The largest absolute Gasteiger partial charge is 0.501 e. The lowest BCUT2D eigenvalue weighted by molar-refractivity contribution is -0.131. The van der Waals surface area contributed by atoms with Crippen LogP contribution in [0.2, 0.25) is 0 Å². The van der Waals surface area contributed by atoms with Gasteiger partial charge in [0, 0.05) is 6.42 Å². The number of carboxylic acid groups (broad SMARTS) is 1. The van der Waals surface area contributed by atoms with Gasteiger partial charge in [0.1, 0.15) is 0 Å². The van der Waals surface area contributed by atoms with Crippen LogP contribution in [0.5, 0.6) is 0 Å². The van der Waals surface area contributed by atoms with Crippen molar-refractivity contribution >= 4 is 5.97 Å². The molecule has 0 radical (unpaired) electrons. The lowest BCUT2D eigenvalue weighted by atomic mass is 10.2. The maximum atomic E-state index is 10.1. The molecule has 0 saturated carbocycles. The van der Waals surface area contributed by atoms with Crippen LogP contribution in [-0.4, -0.2) is 17.7 Å². The second kappa shape index (κ2) is 5.80. The summed E-state index contributed by atoms with van der Waals surface area (Å²) in [5.74, 6) is -0.996. The number of hydrogen-bond donors (Lipinski definition) is 1. The standard InChI is InChI=1S/C11H12O3/c12-11(13)7-9-14-8-6-10-4-2-1-3-5-10/h1-5,7,9H,6,8H2,(H,12,13)/b9-7+. The predicted molar refractivity (Wildman–Crippen MR) is 52.9 cm³/mol. The Kier molecular flexibility index (Phi) is 4.27. The summed E-state index contributed by atoms with van der Waals surface area (Å²) in [6.45, 7) is 0.494. The molecule has 3 heteroatoms. The second-order valence-corrected chi connectivity index (χ2v) is 2.75. The van der Waals surface area contributed by atoms with Crippen LogP contribution in [0.3, 0.4) is 0 Å². The van der Waals surface area contributed by atoms with Crippen LogP contribution in [0, 0.1) is 0 Å². The summed E-state index contributed by atoms with van der Waals surface area (Å²) in [5.41, 5.74) is 1.18. The molecule has 74 valence electrons. The number of hydrogen-bond acceptors (Lipinski definition) is 2. The van der Waals surface area contributed by atoms with Gasteiger partial charge in [-0.2, -0.15) is 0 Å². The Morgan fingerprint density at radius 3 is 2.71 bits per heavy atom. The van der Waals surface area contributed by atoms with E-state index in [0.29, 0.717) is 6.61 Å². The third-order valence-electron chi connectivity index (χ3n) is 1.66. The summed E-state index contributed by atoms with van der Waals surface area (Å²) in [6, 6.07) is 9.88. The number of rotatable bonds is 5. The molecule has 0 fully saturated rings. The van der Waals surface area contributed by atoms with E-state index in [-0.39, 0.29) is 0 Å². The molecule has 0 aliphatic heterocycles.